The molecule has 0 bridgehead atoms. The monoisotopic (exact) mass is 370 g/mol. The number of ether oxygens (including phenoxy) is 1. The van der Waals surface area contributed by atoms with Crippen molar-refractivity contribution in [1.82, 2.24) is 14.4 Å². The minimum absolute atomic E-state index is 0.260. The van der Waals surface area contributed by atoms with Gasteiger partial charge in [-0.1, -0.05) is 0 Å². The maximum absolute atomic E-state index is 12.4. The maximum atomic E-state index is 12.4. The first-order valence-electron chi connectivity index (χ1n) is 7.49. The van der Waals surface area contributed by atoms with Crippen molar-refractivity contribution >= 4 is 38.7 Å². The van der Waals surface area contributed by atoms with Crippen LogP contribution >= 0.6 is 22.7 Å². The molecule has 0 radical (unpaired) electrons. The largest absolute Gasteiger partial charge is 0.497 e. The number of carbonyl (C=O) groups excluding carboxylic acids is 1. The van der Waals surface area contributed by atoms with Gasteiger partial charge in [0.1, 0.15) is 11.4 Å². The van der Waals surface area contributed by atoms with E-state index in [0.717, 1.165) is 26.8 Å². The van der Waals surface area contributed by atoms with Gasteiger partial charge in [-0.05, 0) is 31.2 Å². The molecule has 0 unspecified atom stereocenters. The first kappa shape index (κ1) is 15.8. The normalized spacial score (nSPS) is 11.0. The van der Waals surface area contributed by atoms with E-state index in [9.17, 15) is 4.79 Å². The highest BCUT2D eigenvalue weighted by Crippen LogP contribution is 2.27. The fourth-order valence-corrected chi connectivity index (χ4v) is 3.93. The average molecular weight is 370 g/mol. The number of aromatic nitrogens is 3. The molecule has 0 atom stereocenters. The van der Waals surface area contributed by atoms with Gasteiger partial charge in [0.15, 0.2) is 10.1 Å². The second-order valence-corrected chi connectivity index (χ2v) is 7.45. The second-order valence-electron chi connectivity index (χ2n) is 5.38. The van der Waals surface area contributed by atoms with Crippen LogP contribution in [0.1, 0.15) is 15.4 Å². The number of nitrogens with one attached hydrogen (secondary N) is 1. The molecule has 25 heavy (non-hydrogen) atoms. The van der Waals surface area contributed by atoms with Gasteiger partial charge in [-0.15, -0.1) is 22.7 Å². The van der Waals surface area contributed by atoms with Gasteiger partial charge < -0.3 is 4.74 Å². The predicted molar refractivity (Wildman–Crippen MR) is 99.9 cm³/mol. The summed E-state index contributed by atoms with van der Waals surface area (Å²) in [6, 6.07) is 7.64. The summed E-state index contributed by atoms with van der Waals surface area (Å²) in [6.07, 6.45) is 3.68. The standard InChI is InChI=1S/C17H14N4O2S2/c1-10-7-21-8-13(19-17(21)25-10)15(22)20-16-18-14(9-24-16)11-3-5-12(23-2)6-4-11/h3-9H,1-2H3,(H,18,20,22). The zero-order chi connectivity index (χ0) is 17.4. The van der Waals surface area contributed by atoms with Crippen molar-refractivity contribution in [2.24, 2.45) is 0 Å². The van der Waals surface area contributed by atoms with Crippen LogP contribution in [-0.4, -0.2) is 27.4 Å². The Hall–Kier alpha value is -2.71. The van der Waals surface area contributed by atoms with E-state index < -0.39 is 0 Å². The Kier molecular flexibility index (Phi) is 3.98. The van der Waals surface area contributed by atoms with Crippen LogP contribution in [0.5, 0.6) is 5.75 Å². The van der Waals surface area contributed by atoms with E-state index >= 15 is 0 Å². The molecule has 8 heteroatoms. The molecule has 0 aliphatic heterocycles. The lowest BCUT2D eigenvalue weighted by Crippen LogP contribution is -2.12. The molecule has 0 saturated heterocycles. The van der Waals surface area contributed by atoms with E-state index in [1.165, 1.54) is 11.3 Å². The number of fused-ring (bicyclic) bond motifs is 1. The number of anilines is 1. The van der Waals surface area contributed by atoms with Gasteiger partial charge in [0.05, 0.1) is 12.8 Å². The van der Waals surface area contributed by atoms with Gasteiger partial charge in [-0.25, -0.2) is 9.97 Å². The number of benzene rings is 1. The molecule has 1 aromatic carbocycles. The molecule has 0 spiro atoms. The van der Waals surface area contributed by atoms with Crippen molar-refractivity contribution in [2.75, 3.05) is 12.4 Å². The third kappa shape index (κ3) is 3.13. The molecular weight excluding hydrogens is 356 g/mol. The lowest BCUT2D eigenvalue weighted by molar-refractivity contribution is 0.102. The predicted octanol–water partition coefficient (Wildman–Crippen LogP) is 4.09. The first-order chi connectivity index (χ1) is 12.1. The van der Waals surface area contributed by atoms with Crippen LogP contribution in [0.2, 0.25) is 0 Å². The molecule has 4 aromatic rings. The zero-order valence-electron chi connectivity index (χ0n) is 13.5. The van der Waals surface area contributed by atoms with Gasteiger partial charge in [0, 0.05) is 28.2 Å². The summed E-state index contributed by atoms with van der Waals surface area (Å²) in [5, 5.41) is 5.26. The van der Waals surface area contributed by atoms with Crippen LogP contribution in [-0.2, 0) is 0 Å². The number of hydrogen-bond acceptors (Lipinski definition) is 6. The highest BCUT2D eigenvalue weighted by Gasteiger charge is 2.14. The number of rotatable bonds is 4. The molecule has 4 rings (SSSR count). The smallest absolute Gasteiger partial charge is 0.277 e. The number of carbonyl (C=O) groups is 1. The SMILES string of the molecule is COc1ccc(-c2csc(NC(=O)c3cn4cc(C)sc4n3)n2)cc1. The number of thiazole rings is 2. The van der Waals surface area contributed by atoms with E-state index in [2.05, 4.69) is 15.3 Å². The van der Waals surface area contributed by atoms with Crippen molar-refractivity contribution in [3.63, 3.8) is 0 Å². The van der Waals surface area contributed by atoms with Crippen LogP contribution in [0.25, 0.3) is 16.2 Å². The van der Waals surface area contributed by atoms with Crippen molar-refractivity contribution < 1.29 is 9.53 Å². The van der Waals surface area contributed by atoms with Gasteiger partial charge in [0.25, 0.3) is 5.91 Å². The molecule has 126 valence electrons. The third-order valence-electron chi connectivity index (χ3n) is 3.61. The topological polar surface area (TPSA) is 68.5 Å². The lowest BCUT2D eigenvalue weighted by atomic mass is 10.2. The number of nitrogens with zero attached hydrogens (tertiary/aromatic N) is 3. The van der Waals surface area contributed by atoms with E-state index in [4.69, 9.17) is 4.74 Å². The Morgan fingerprint density at radius 1 is 1.20 bits per heavy atom. The lowest BCUT2D eigenvalue weighted by Gasteiger charge is -2.00. The van der Waals surface area contributed by atoms with Gasteiger partial charge in [0.2, 0.25) is 0 Å². The molecule has 3 aromatic heterocycles. The Bertz CT molecular complexity index is 1010. The summed E-state index contributed by atoms with van der Waals surface area (Å²) in [7, 11) is 1.63. The highest BCUT2D eigenvalue weighted by molar-refractivity contribution is 7.17. The molecule has 1 amide bonds. The van der Waals surface area contributed by atoms with Gasteiger partial charge in [-0.2, -0.15) is 0 Å². The van der Waals surface area contributed by atoms with Crippen molar-refractivity contribution in [1.29, 1.82) is 0 Å². The second kappa shape index (κ2) is 6.30. The average Bonchev–Trinajstić information content (AvgIpc) is 3.29. The van der Waals surface area contributed by atoms with Crippen LogP contribution in [0.15, 0.2) is 42.0 Å². The Labute approximate surface area is 151 Å². The van der Waals surface area contributed by atoms with E-state index in [1.54, 1.807) is 24.6 Å². The minimum atomic E-state index is -0.260. The molecule has 0 fully saturated rings. The first-order valence-corrected chi connectivity index (χ1v) is 9.18. The summed E-state index contributed by atoms with van der Waals surface area (Å²) < 4.78 is 7.02. The summed E-state index contributed by atoms with van der Waals surface area (Å²) in [6.45, 7) is 2.01. The third-order valence-corrected chi connectivity index (χ3v) is 5.28. The van der Waals surface area contributed by atoms with Gasteiger partial charge >= 0.3 is 0 Å². The van der Waals surface area contributed by atoms with Crippen LogP contribution in [0, 0.1) is 6.92 Å². The summed E-state index contributed by atoms with van der Waals surface area (Å²) in [4.78, 5) is 23.1. The molecule has 3 heterocycles. The van der Waals surface area contributed by atoms with Crippen molar-refractivity contribution in [3.05, 3.63) is 52.6 Å². The van der Waals surface area contributed by atoms with E-state index in [0.29, 0.717) is 10.8 Å². The maximum Gasteiger partial charge on any atom is 0.277 e. The molecule has 0 saturated carbocycles. The van der Waals surface area contributed by atoms with Crippen molar-refractivity contribution in [2.45, 2.75) is 6.92 Å². The number of amides is 1. The fourth-order valence-electron chi connectivity index (χ4n) is 2.41. The summed E-state index contributed by atoms with van der Waals surface area (Å²) in [5.74, 6) is 0.534. The fraction of sp³-hybridized carbons (Fsp3) is 0.118. The van der Waals surface area contributed by atoms with E-state index in [1.807, 2.05) is 47.2 Å². The zero-order valence-corrected chi connectivity index (χ0v) is 15.1. The number of imidazole rings is 1. The molecule has 0 aliphatic carbocycles. The Balaban J connectivity index is 1.51. The van der Waals surface area contributed by atoms with Crippen LogP contribution in [0.4, 0.5) is 5.13 Å². The van der Waals surface area contributed by atoms with Crippen molar-refractivity contribution in [3.8, 4) is 17.0 Å². The Morgan fingerprint density at radius 3 is 2.72 bits per heavy atom. The van der Waals surface area contributed by atoms with Gasteiger partial charge in [-0.3, -0.25) is 14.5 Å². The highest BCUT2D eigenvalue weighted by atomic mass is 32.1. The summed E-state index contributed by atoms with van der Waals surface area (Å²) in [5.41, 5.74) is 2.16. The van der Waals surface area contributed by atoms with Crippen LogP contribution in [0.3, 0.4) is 0 Å². The molecule has 0 aliphatic rings. The number of methoxy groups -OCH3 is 1. The molecular formula is C17H14N4O2S2. The molecule has 6 nitrogen and oxygen atoms in total. The minimum Gasteiger partial charge on any atom is -0.497 e. The quantitative estimate of drug-likeness (QED) is 0.587. The van der Waals surface area contributed by atoms with Crippen LogP contribution < -0.4 is 10.1 Å². The van der Waals surface area contributed by atoms with E-state index in [-0.39, 0.29) is 5.91 Å². The number of hydrogen-bond donors (Lipinski definition) is 1. The Morgan fingerprint density at radius 2 is 2.00 bits per heavy atom. The molecule has 1 N–H and O–H groups in total. The number of aryl methyl sites for hydroxylation is 1. The summed E-state index contributed by atoms with van der Waals surface area (Å²) >= 11 is 2.93.